The van der Waals surface area contributed by atoms with Crippen molar-refractivity contribution in [1.82, 2.24) is 19.3 Å². The summed E-state index contributed by atoms with van der Waals surface area (Å²) >= 11 is 0. The summed E-state index contributed by atoms with van der Waals surface area (Å²) in [7, 11) is 0. The van der Waals surface area contributed by atoms with E-state index in [1.165, 1.54) is 61.0 Å². The van der Waals surface area contributed by atoms with Gasteiger partial charge in [-0.15, -0.1) is 0 Å². The Bertz CT molecular complexity index is 2290. The fourth-order valence-electron chi connectivity index (χ4n) is 7.17. The van der Waals surface area contributed by atoms with E-state index in [2.05, 4.69) is 131 Å². The predicted molar refractivity (Wildman–Crippen MR) is 195 cm³/mol. The van der Waals surface area contributed by atoms with Crippen molar-refractivity contribution in [2.45, 2.75) is 68.2 Å². The minimum absolute atomic E-state index is 0.768. The van der Waals surface area contributed by atoms with Crippen LogP contribution < -0.4 is 4.74 Å². The van der Waals surface area contributed by atoms with Gasteiger partial charge in [0, 0.05) is 34.7 Å². The van der Waals surface area contributed by atoms with E-state index in [1.54, 1.807) is 0 Å². The molecule has 7 aromatic rings. The van der Waals surface area contributed by atoms with Crippen LogP contribution in [0.4, 0.5) is 0 Å². The Labute approximate surface area is 277 Å². The number of hydrogen-bond donors (Lipinski definition) is 0. The highest BCUT2D eigenvalue weighted by Crippen LogP contribution is 2.40. The second kappa shape index (κ2) is 11.9. The van der Waals surface area contributed by atoms with Gasteiger partial charge in [-0.25, -0.2) is 9.67 Å². The first kappa shape index (κ1) is 30.5. The fraction of sp³-hybridized carbons (Fsp3) is 0.238. The molecule has 0 amide bonds. The van der Waals surface area contributed by atoms with Crippen molar-refractivity contribution >= 4 is 21.8 Å². The molecule has 3 heterocycles. The Kier molecular flexibility index (Phi) is 7.71. The first-order valence-corrected chi connectivity index (χ1v) is 16.6. The van der Waals surface area contributed by atoms with Crippen molar-refractivity contribution in [2.75, 3.05) is 0 Å². The van der Waals surface area contributed by atoms with Crippen LogP contribution in [0.1, 0.15) is 58.6 Å². The van der Waals surface area contributed by atoms with Gasteiger partial charge in [-0.05, 0) is 136 Å². The van der Waals surface area contributed by atoms with Gasteiger partial charge in [-0.1, -0.05) is 38.1 Å². The van der Waals surface area contributed by atoms with Crippen LogP contribution in [0.5, 0.6) is 11.5 Å². The van der Waals surface area contributed by atoms with E-state index in [0.29, 0.717) is 0 Å². The van der Waals surface area contributed by atoms with Crippen LogP contribution in [-0.4, -0.2) is 19.3 Å². The maximum Gasteiger partial charge on any atom is 0.137 e. The van der Waals surface area contributed by atoms with E-state index in [1.807, 2.05) is 18.3 Å². The largest absolute Gasteiger partial charge is 0.457 e. The first-order valence-electron chi connectivity index (χ1n) is 16.6. The summed E-state index contributed by atoms with van der Waals surface area (Å²) in [5.74, 6) is 2.44. The zero-order valence-electron chi connectivity index (χ0n) is 28.7. The quantitative estimate of drug-likeness (QED) is 0.179. The average molecular weight is 619 g/mol. The molecular formula is C42H42N4O. The summed E-state index contributed by atoms with van der Waals surface area (Å²) in [6.07, 6.45) is 3.60. The number of hydrogen-bond acceptors (Lipinski definition) is 3. The lowest BCUT2D eigenvalue weighted by Gasteiger charge is -2.20. The van der Waals surface area contributed by atoms with E-state index in [4.69, 9.17) is 14.8 Å². The maximum atomic E-state index is 6.59. The summed E-state index contributed by atoms with van der Waals surface area (Å²) in [5, 5.41) is 7.59. The Morgan fingerprint density at radius 2 is 1.32 bits per heavy atom. The molecular weight excluding hydrogens is 576 g/mol. The third kappa shape index (κ3) is 5.01. The summed E-state index contributed by atoms with van der Waals surface area (Å²) in [5.41, 5.74) is 16.1. The van der Waals surface area contributed by atoms with Crippen molar-refractivity contribution < 1.29 is 4.74 Å². The van der Waals surface area contributed by atoms with E-state index >= 15 is 0 Å². The molecule has 0 unspecified atom stereocenters. The summed E-state index contributed by atoms with van der Waals surface area (Å²) in [6.45, 7) is 17.8. The Morgan fingerprint density at radius 3 is 2.04 bits per heavy atom. The number of pyridine rings is 1. The molecule has 5 nitrogen and oxygen atoms in total. The lowest BCUT2D eigenvalue weighted by molar-refractivity contribution is 0.482. The molecule has 0 saturated heterocycles. The van der Waals surface area contributed by atoms with Gasteiger partial charge in [-0.2, -0.15) is 5.10 Å². The van der Waals surface area contributed by atoms with Crippen LogP contribution in [0.3, 0.4) is 0 Å². The number of aromatic nitrogens is 4. The van der Waals surface area contributed by atoms with E-state index in [-0.39, 0.29) is 0 Å². The van der Waals surface area contributed by atoms with Crippen LogP contribution in [0.25, 0.3) is 44.4 Å². The lowest BCUT2D eigenvalue weighted by atomic mass is 9.85. The number of ether oxygens (including phenoxy) is 1. The first-order chi connectivity index (χ1) is 22.7. The minimum atomic E-state index is 0.768. The molecule has 0 fully saturated rings. The van der Waals surface area contributed by atoms with Crippen molar-refractivity contribution in [3.8, 4) is 34.1 Å². The highest BCUT2D eigenvalue weighted by molar-refractivity contribution is 6.09. The number of fused-ring (bicyclic) bond motifs is 3. The number of nitrogens with zero attached hydrogens (tertiary/aromatic N) is 4. The monoisotopic (exact) mass is 618 g/mol. The number of rotatable bonds is 7. The SMILES string of the molecule is CCc1nn(-c2cccc(Oc3ccc4c5ccccc5n(-c5cc(C)ccn5)c4c3)c2)c(CC)c1-c1c(C)c(C)c(C)c(C)c1C. The molecule has 3 aromatic heterocycles. The highest BCUT2D eigenvalue weighted by atomic mass is 16.5. The number of para-hydroxylation sites is 1. The molecule has 0 bridgehead atoms. The minimum Gasteiger partial charge on any atom is -0.457 e. The van der Waals surface area contributed by atoms with Crippen molar-refractivity contribution in [3.63, 3.8) is 0 Å². The summed E-state index contributed by atoms with van der Waals surface area (Å²) in [4.78, 5) is 4.73. The highest BCUT2D eigenvalue weighted by Gasteiger charge is 2.24. The van der Waals surface area contributed by atoms with Crippen LogP contribution in [0.15, 0.2) is 85.1 Å². The summed E-state index contributed by atoms with van der Waals surface area (Å²) < 4.78 is 10.9. The molecule has 0 N–H and O–H groups in total. The van der Waals surface area contributed by atoms with Crippen molar-refractivity contribution in [1.29, 1.82) is 0 Å². The molecule has 0 aliphatic rings. The maximum absolute atomic E-state index is 6.59. The van der Waals surface area contributed by atoms with Gasteiger partial charge in [0.15, 0.2) is 0 Å². The molecule has 0 radical (unpaired) electrons. The van der Waals surface area contributed by atoms with Gasteiger partial charge in [0.1, 0.15) is 17.3 Å². The summed E-state index contributed by atoms with van der Waals surface area (Å²) in [6, 6.07) is 27.3. The van der Waals surface area contributed by atoms with Crippen molar-refractivity contribution in [2.24, 2.45) is 0 Å². The standard InChI is InChI=1S/C42H42N4O/c1-9-36-42(41-29(7)27(5)26(4)28(6)30(41)8)37(10-2)46(44-36)31-14-13-15-32(23-31)47-33-18-19-35-34-16-11-12-17-38(34)45(39(35)24-33)40-22-25(3)20-21-43-40/h11-24H,9-10H2,1-8H3. The molecule has 4 aromatic carbocycles. The number of benzene rings is 4. The van der Waals surface area contributed by atoms with Crippen LogP contribution in [-0.2, 0) is 12.8 Å². The molecule has 0 aliphatic heterocycles. The Balaban J connectivity index is 1.32. The van der Waals surface area contributed by atoms with E-state index in [9.17, 15) is 0 Å². The van der Waals surface area contributed by atoms with Crippen LogP contribution in [0.2, 0.25) is 0 Å². The Morgan fingerprint density at radius 1 is 0.617 bits per heavy atom. The smallest absolute Gasteiger partial charge is 0.137 e. The predicted octanol–water partition coefficient (Wildman–Crippen LogP) is 10.8. The second-order valence-corrected chi connectivity index (χ2v) is 12.7. The third-order valence-electron chi connectivity index (χ3n) is 10.0. The Hall–Kier alpha value is -5.16. The van der Waals surface area contributed by atoms with Gasteiger partial charge >= 0.3 is 0 Å². The molecule has 5 heteroatoms. The van der Waals surface area contributed by atoms with Gasteiger partial charge in [-0.3, -0.25) is 4.57 Å². The third-order valence-corrected chi connectivity index (χ3v) is 10.0. The van der Waals surface area contributed by atoms with E-state index < -0.39 is 0 Å². The molecule has 7 rings (SSSR count). The van der Waals surface area contributed by atoms with E-state index in [0.717, 1.165) is 52.6 Å². The molecule has 47 heavy (non-hydrogen) atoms. The number of aryl methyl sites for hydroxylation is 2. The van der Waals surface area contributed by atoms with Crippen LogP contribution >= 0.6 is 0 Å². The normalized spacial score (nSPS) is 11.6. The van der Waals surface area contributed by atoms with Gasteiger partial charge < -0.3 is 4.74 Å². The van der Waals surface area contributed by atoms with Gasteiger partial charge in [0.25, 0.3) is 0 Å². The molecule has 0 saturated carbocycles. The second-order valence-electron chi connectivity index (χ2n) is 12.7. The molecule has 0 spiro atoms. The molecule has 0 atom stereocenters. The van der Waals surface area contributed by atoms with Gasteiger partial charge in [0.2, 0.25) is 0 Å². The average Bonchev–Trinajstić information content (AvgIpc) is 3.62. The van der Waals surface area contributed by atoms with Crippen LogP contribution in [0, 0.1) is 41.5 Å². The molecule has 0 aliphatic carbocycles. The molecule has 236 valence electrons. The zero-order valence-corrected chi connectivity index (χ0v) is 28.7. The fourth-order valence-corrected chi connectivity index (χ4v) is 7.17. The topological polar surface area (TPSA) is 44.9 Å². The zero-order chi connectivity index (χ0) is 33.0. The van der Waals surface area contributed by atoms with Gasteiger partial charge in [0.05, 0.1) is 28.1 Å². The lowest BCUT2D eigenvalue weighted by Crippen LogP contribution is -2.04. The van der Waals surface area contributed by atoms with Crippen molar-refractivity contribution in [3.05, 3.63) is 130 Å².